The van der Waals surface area contributed by atoms with Gasteiger partial charge in [0.15, 0.2) is 0 Å². The predicted molar refractivity (Wildman–Crippen MR) is 200 cm³/mol. The minimum atomic E-state index is 0.567. The molecule has 5 nitrogen and oxygen atoms in total. The number of para-hydroxylation sites is 3. The zero-order valence-corrected chi connectivity index (χ0v) is 26.7. The summed E-state index contributed by atoms with van der Waals surface area (Å²) in [6.07, 6.45) is 0. The van der Waals surface area contributed by atoms with Gasteiger partial charge in [0.05, 0.1) is 62.7 Å². The molecule has 9 rings (SSSR count). The Morgan fingerprint density at radius 3 is 1.52 bits per heavy atom. The Bertz CT molecular complexity index is 2900. The molecule has 2 heterocycles. The van der Waals surface area contributed by atoms with Gasteiger partial charge < -0.3 is 9.13 Å². The highest BCUT2D eigenvalue weighted by atomic mass is 15.0. The largest absolute Gasteiger partial charge is 0.309 e. The molecule has 0 fully saturated rings. The Labute approximate surface area is 287 Å². The zero-order chi connectivity index (χ0) is 33.8. The van der Waals surface area contributed by atoms with Crippen molar-refractivity contribution >= 4 is 43.6 Å². The summed E-state index contributed by atoms with van der Waals surface area (Å²) in [5.74, 6) is 0. The van der Waals surface area contributed by atoms with Gasteiger partial charge in [-0.2, -0.15) is 15.8 Å². The van der Waals surface area contributed by atoms with Crippen molar-refractivity contribution in [1.29, 1.82) is 15.8 Å². The predicted octanol–water partition coefficient (Wildman–Crippen LogP) is 10.8. The first-order valence-electron chi connectivity index (χ1n) is 16.3. The van der Waals surface area contributed by atoms with Gasteiger partial charge in [-0.1, -0.05) is 78.9 Å². The lowest BCUT2D eigenvalue weighted by molar-refractivity contribution is 1.18. The van der Waals surface area contributed by atoms with Gasteiger partial charge in [-0.3, -0.25) is 0 Å². The van der Waals surface area contributed by atoms with Crippen LogP contribution in [0.4, 0.5) is 0 Å². The molecular formula is C45H25N5. The number of nitrogens with zero attached hydrogens (tertiary/aromatic N) is 5. The van der Waals surface area contributed by atoms with Crippen LogP contribution >= 0.6 is 0 Å². The maximum Gasteiger partial charge on any atom is 0.0992 e. The monoisotopic (exact) mass is 635 g/mol. The Hall–Kier alpha value is -7.39. The fourth-order valence-corrected chi connectivity index (χ4v) is 7.35. The summed E-state index contributed by atoms with van der Waals surface area (Å²) >= 11 is 0. The van der Waals surface area contributed by atoms with E-state index in [1.54, 1.807) is 0 Å². The van der Waals surface area contributed by atoms with Crippen LogP contribution < -0.4 is 0 Å². The summed E-state index contributed by atoms with van der Waals surface area (Å²) in [4.78, 5) is 0. The number of rotatable bonds is 4. The second-order valence-corrected chi connectivity index (χ2v) is 12.4. The van der Waals surface area contributed by atoms with Gasteiger partial charge in [-0.25, -0.2) is 0 Å². The molecule has 0 aliphatic carbocycles. The first kappa shape index (κ1) is 28.8. The summed E-state index contributed by atoms with van der Waals surface area (Å²) in [7, 11) is 0. The highest BCUT2D eigenvalue weighted by Gasteiger charge is 2.18. The van der Waals surface area contributed by atoms with Crippen LogP contribution in [0.2, 0.25) is 0 Å². The SMILES string of the molecule is N#Cc1cc(-c2ccc(-c3cc(C#N)ccc3-n3c4ccccc4c4cc(C#N)ccc43)cc2)cc(-n2c3ccccc3c3ccccc32)c1. The van der Waals surface area contributed by atoms with Crippen molar-refractivity contribution in [3.8, 4) is 51.8 Å². The van der Waals surface area contributed by atoms with E-state index in [2.05, 4.69) is 106 Å². The van der Waals surface area contributed by atoms with E-state index in [4.69, 9.17) is 0 Å². The van der Waals surface area contributed by atoms with Gasteiger partial charge in [0.2, 0.25) is 0 Å². The van der Waals surface area contributed by atoms with Gasteiger partial charge >= 0.3 is 0 Å². The molecule has 7 aromatic carbocycles. The van der Waals surface area contributed by atoms with Crippen molar-refractivity contribution in [2.75, 3.05) is 0 Å². The number of hydrogen-bond acceptors (Lipinski definition) is 3. The molecule has 5 heteroatoms. The Kier molecular flexibility index (Phi) is 6.56. The summed E-state index contributed by atoms with van der Waals surface area (Å²) in [6, 6.07) is 57.8. The van der Waals surface area contributed by atoms with Crippen LogP contribution in [-0.2, 0) is 0 Å². The van der Waals surface area contributed by atoms with E-state index < -0.39 is 0 Å². The molecule has 0 radical (unpaired) electrons. The lowest BCUT2D eigenvalue weighted by Crippen LogP contribution is -1.98. The normalized spacial score (nSPS) is 11.1. The molecule has 50 heavy (non-hydrogen) atoms. The van der Waals surface area contributed by atoms with Crippen molar-refractivity contribution < 1.29 is 0 Å². The van der Waals surface area contributed by atoms with Gasteiger partial charge in [-0.15, -0.1) is 0 Å². The summed E-state index contributed by atoms with van der Waals surface area (Å²) < 4.78 is 4.44. The molecule has 0 saturated heterocycles. The molecule has 0 spiro atoms. The van der Waals surface area contributed by atoms with E-state index in [0.717, 1.165) is 66.5 Å². The number of aromatic nitrogens is 2. The number of benzene rings is 7. The van der Waals surface area contributed by atoms with Crippen molar-refractivity contribution in [2.45, 2.75) is 0 Å². The minimum Gasteiger partial charge on any atom is -0.309 e. The van der Waals surface area contributed by atoms with Crippen molar-refractivity contribution in [3.63, 3.8) is 0 Å². The van der Waals surface area contributed by atoms with Crippen LogP contribution in [0.15, 0.2) is 152 Å². The topological polar surface area (TPSA) is 81.2 Å². The lowest BCUT2D eigenvalue weighted by atomic mass is 9.96. The Morgan fingerprint density at radius 2 is 0.880 bits per heavy atom. The number of hydrogen-bond donors (Lipinski definition) is 0. The van der Waals surface area contributed by atoms with Crippen LogP contribution in [0, 0.1) is 34.0 Å². The smallest absolute Gasteiger partial charge is 0.0992 e. The summed E-state index contributed by atoms with van der Waals surface area (Å²) in [6.45, 7) is 0. The van der Waals surface area contributed by atoms with E-state index in [1.165, 1.54) is 10.8 Å². The van der Waals surface area contributed by atoms with E-state index in [9.17, 15) is 15.8 Å². The van der Waals surface area contributed by atoms with Crippen LogP contribution in [0.1, 0.15) is 16.7 Å². The molecule has 0 aliphatic rings. The van der Waals surface area contributed by atoms with Gasteiger partial charge in [0.1, 0.15) is 0 Å². The fourth-order valence-electron chi connectivity index (χ4n) is 7.35. The third-order valence-electron chi connectivity index (χ3n) is 9.58. The van der Waals surface area contributed by atoms with Gasteiger partial charge in [0, 0.05) is 32.8 Å². The number of fused-ring (bicyclic) bond motifs is 6. The minimum absolute atomic E-state index is 0.567. The molecule has 0 amide bonds. The van der Waals surface area contributed by atoms with Crippen LogP contribution in [0.5, 0.6) is 0 Å². The van der Waals surface area contributed by atoms with Gasteiger partial charge in [-0.05, 0) is 89.5 Å². The average molecular weight is 636 g/mol. The van der Waals surface area contributed by atoms with Crippen LogP contribution in [0.25, 0.3) is 77.2 Å². The lowest BCUT2D eigenvalue weighted by Gasteiger charge is -2.15. The summed E-state index contributed by atoms with van der Waals surface area (Å²) in [5.41, 5.74) is 11.6. The standard InChI is InChI=1S/C45H25N5/c46-26-29-13-19-44(50-43-12-6-3-9-38(43)40-24-30(27-47)14-20-45(40)50)39(23-29)33-17-15-32(16-18-33)34-21-31(28-48)22-35(25-34)49-41-10-4-1-7-36(41)37-8-2-5-11-42(37)49/h1-25H. The molecule has 0 unspecified atom stereocenters. The van der Waals surface area contributed by atoms with Crippen molar-refractivity contribution in [1.82, 2.24) is 9.13 Å². The second-order valence-electron chi connectivity index (χ2n) is 12.4. The molecule has 9 aromatic rings. The van der Waals surface area contributed by atoms with Crippen molar-refractivity contribution in [3.05, 3.63) is 168 Å². The molecule has 0 bridgehead atoms. The Morgan fingerprint density at radius 1 is 0.360 bits per heavy atom. The first-order chi connectivity index (χ1) is 24.6. The maximum absolute atomic E-state index is 10.1. The van der Waals surface area contributed by atoms with Crippen molar-refractivity contribution in [2.24, 2.45) is 0 Å². The van der Waals surface area contributed by atoms with Gasteiger partial charge in [0.25, 0.3) is 0 Å². The molecule has 0 saturated carbocycles. The number of nitriles is 3. The second kappa shape index (κ2) is 11.4. The zero-order valence-electron chi connectivity index (χ0n) is 26.7. The van der Waals surface area contributed by atoms with E-state index in [-0.39, 0.29) is 0 Å². The van der Waals surface area contributed by atoms with E-state index in [1.807, 2.05) is 72.8 Å². The van der Waals surface area contributed by atoms with E-state index in [0.29, 0.717) is 16.7 Å². The molecule has 0 aliphatic heterocycles. The maximum atomic E-state index is 10.1. The fraction of sp³-hybridized carbons (Fsp3) is 0. The molecule has 230 valence electrons. The van der Waals surface area contributed by atoms with E-state index >= 15 is 0 Å². The Balaban J connectivity index is 1.20. The highest BCUT2D eigenvalue weighted by molar-refractivity contribution is 6.11. The third-order valence-corrected chi connectivity index (χ3v) is 9.58. The highest BCUT2D eigenvalue weighted by Crippen LogP contribution is 2.38. The average Bonchev–Trinajstić information content (AvgIpc) is 3.70. The third kappa shape index (κ3) is 4.45. The quantitative estimate of drug-likeness (QED) is 0.193. The molecule has 0 atom stereocenters. The first-order valence-corrected chi connectivity index (χ1v) is 16.3. The molecule has 2 aromatic heterocycles. The molecule has 0 N–H and O–H groups in total. The van der Waals surface area contributed by atoms with Crippen LogP contribution in [0.3, 0.4) is 0 Å². The van der Waals surface area contributed by atoms with Crippen LogP contribution in [-0.4, -0.2) is 9.13 Å². The molecular weight excluding hydrogens is 611 g/mol. The summed E-state index contributed by atoms with van der Waals surface area (Å²) in [5, 5.41) is 34.0.